The molecule has 148 valence electrons. The molecule has 0 spiro atoms. The molecular weight excluding hydrogens is 413 g/mol. The van der Waals surface area contributed by atoms with Crippen molar-refractivity contribution in [2.45, 2.75) is 10.9 Å². The molecule has 1 N–H and O–H groups in total. The molecule has 1 unspecified atom stereocenters. The molecule has 2 aromatic rings. The average Bonchev–Trinajstić information content (AvgIpc) is 2.68. The van der Waals surface area contributed by atoms with Gasteiger partial charge in [0.25, 0.3) is 0 Å². The zero-order chi connectivity index (χ0) is 18.7. The largest absolute Gasteiger partial charge is 0.493 e. The summed E-state index contributed by atoms with van der Waals surface area (Å²) in [7, 11) is -0.930. The highest BCUT2D eigenvalue weighted by molar-refractivity contribution is 7.89. The fourth-order valence-electron chi connectivity index (χ4n) is 2.99. The molecule has 27 heavy (non-hydrogen) atoms. The summed E-state index contributed by atoms with van der Waals surface area (Å²) < 4.78 is 38.6. The third kappa shape index (κ3) is 4.30. The number of hydrogen-bond acceptors (Lipinski definition) is 6. The zero-order valence-electron chi connectivity index (χ0n) is 14.9. The van der Waals surface area contributed by atoms with E-state index in [1.165, 1.54) is 30.7 Å². The number of pyridine rings is 1. The van der Waals surface area contributed by atoms with Crippen LogP contribution < -0.4 is 14.8 Å². The Morgan fingerprint density at radius 3 is 2.59 bits per heavy atom. The number of piperazine rings is 1. The summed E-state index contributed by atoms with van der Waals surface area (Å²) in [5.41, 5.74) is 0.819. The first-order valence-corrected chi connectivity index (χ1v) is 9.85. The van der Waals surface area contributed by atoms with E-state index >= 15 is 0 Å². The van der Waals surface area contributed by atoms with Crippen LogP contribution in [0, 0.1) is 0 Å². The van der Waals surface area contributed by atoms with E-state index in [1.807, 2.05) is 6.07 Å². The minimum absolute atomic E-state index is 0. The Morgan fingerprint density at radius 1 is 1.26 bits per heavy atom. The average molecular weight is 434 g/mol. The van der Waals surface area contributed by atoms with Crippen molar-refractivity contribution < 1.29 is 17.9 Å². The maximum Gasteiger partial charge on any atom is 0.245 e. The van der Waals surface area contributed by atoms with Gasteiger partial charge in [-0.15, -0.1) is 12.4 Å². The molecule has 1 aliphatic heterocycles. The Hall–Kier alpha value is -1.58. The summed E-state index contributed by atoms with van der Waals surface area (Å²) >= 11 is 6.27. The second-order valence-electron chi connectivity index (χ2n) is 5.76. The quantitative estimate of drug-likeness (QED) is 0.779. The third-order valence-corrected chi connectivity index (χ3v) is 6.66. The number of aromatic nitrogens is 1. The monoisotopic (exact) mass is 433 g/mol. The van der Waals surface area contributed by atoms with E-state index in [9.17, 15) is 8.42 Å². The summed E-state index contributed by atoms with van der Waals surface area (Å²) in [4.78, 5) is 4.10. The van der Waals surface area contributed by atoms with Gasteiger partial charge in [-0.3, -0.25) is 4.98 Å². The highest BCUT2D eigenvalue weighted by Crippen LogP contribution is 2.38. The first kappa shape index (κ1) is 21.7. The molecule has 1 fully saturated rings. The predicted molar refractivity (Wildman–Crippen MR) is 106 cm³/mol. The van der Waals surface area contributed by atoms with E-state index in [4.69, 9.17) is 21.1 Å². The summed E-state index contributed by atoms with van der Waals surface area (Å²) in [5, 5.41) is 3.32. The summed E-state index contributed by atoms with van der Waals surface area (Å²) in [6.45, 7) is 1.38. The number of hydrogen-bond donors (Lipinski definition) is 1. The fraction of sp³-hybridized carbons (Fsp3) is 0.353. The molecule has 1 atom stereocenters. The van der Waals surface area contributed by atoms with Gasteiger partial charge in [0.2, 0.25) is 10.0 Å². The van der Waals surface area contributed by atoms with Gasteiger partial charge in [0, 0.05) is 44.2 Å². The molecule has 0 amide bonds. The van der Waals surface area contributed by atoms with Crippen LogP contribution in [0.15, 0.2) is 41.6 Å². The van der Waals surface area contributed by atoms with E-state index in [1.54, 1.807) is 18.5 Å². The molecule has 1 aliphatic rings. The van der Waals surface area contributed by atoms with E-state index < -0.39 is 10.0 Å². The Labute approximate surface area is 170 Å². The fourth-order valence-corrected chi connectivity index (χ4v) is 5.11. The predicted octanol–water partition coefficient (Wildman–Crippen LogP) is 2.51. The first-order chi connectivity index (χ1) is 12.5. The molecule has 10 heteroatoms. The molecule has 3 rings (SSSR count). The van der Waals surface area contributed by atoms with Crippen molar-refractivity contribution in [3.05, 3.63) is 47.2 Å². The number of rotatable bonds is 5. The molecular formula is C17H21Cl2N3O4S. The lowest BCUT2D eigenvalue weighted by atomic mass is 10.1. The number of benzene rings is 1. The Kier molecular flexibility index (Phi) is 7.30. The minimum atomic E-state index is -3.85. The Bertz CT molecular complexity index is 881. The Morgan fingerprint density at radius 2 is 1.96 bits per heavy atom. The molecule has 1 saturated heterocycles. The number of halogens is 2. The van der Waals surface area contributed by atoms with Crippen molar-refractivity contribution >= 4 is 34.0 Å². The highest BCUT2D eigenvalue weighted by Gasteiger charge is 2.36. The lowest BCUT2D eigenvalue weighted by molar-refractivity contribution is 0.271. The molecule has 0 radical (unpaired) electrons. The van der Waals surface area contributed by atoms with E-state index in [0.717, 1.165) is 5.56 Å². The van der Waals surface area contributed by atoms with Crippen LogP contribution in [-0.4, -0.2) is 51.6 Å². The van der Waals surface area contributed by atoms with Crippen molar-refractivity contribution in [1.29, 1.82) is 0 Å². The van der Waals surface area contributed by atoms with Gasteiger partial charge in [-0.1, -0.05) is 17.7 Å². The van der Waals surface area contributed by atoms with Crippen molar-refractivity contribution in [2.24, 2.45) is 0 Å². The lowest BCUT2D eigenvalue weighted by Crippen LogP contribution is -2.48. The van der Waals surface area contributed by atoms with Gasteiger partial charge >= 0.3 is 0 Å². The summed E-state index contributed by atoms with van der Waals surface area (Å²) in [6.07, 6.45) is 3.33. The van der Waals surface area contributed by atoms with Crippen LogP contribution in [-0.2, 0) is 10.0 Å². The van der Waals surface area contributed by atoms with Gasteiger partial charge < -0.3 is 14.8 Å². The van der Waals surface area contributed by atoms with Crippen molar-refractivity contribution in [1.82, 2.24) is 14.6 Å². The molecule has 7 nitrogen and oxygen atoms in total. The van der Waals surface area contributed by atoms with Gasteiger partial charge in [0.1, 0.15) is 4.90 Å². The number of sulfonamides is 1. The van der Waals surface area contributed by atoms with Gasteiger partial charge in [-0.05, 0) is 11.6 Å². The number of nitrogens with one attached hydrogen (secondary N) is 1. The number of nitrogens with zero attached hydrogens (tertiary/aromatic N) is 2. The van der Waals surface area contributed by atoms with Crippen molar-refractivity contribution in [3.63, 3.8) is 0 Å². The number of methoxy groups -OCH3 is 2. The van der Waals surface area contributed by atoms with Crippen LogP contribution in [0.25, 0.3) is 0 Å². The van der Waals surface area contributed by atoms with E-state index in [2.05, 4.69) is 10.3 Å². The van der Waals surface area contributed by atoms with Crippen LogP contribution in [0.4, 0.5) is 0 Å². The minimum Gasteiger partial charge on any atom is -0.493 e. The number of ether oxygens (including phenoxy) is 2. The topological polar surface area (TPSA) is 80.8 Å². The van der Waals surface area contributed by atoms with Crippen LogP contribution in [0.1, 0.15) is 11.6 Å². The maximum absolute atomic E-state index is 13.4. The maximum atomic E-state index is 13.4. The van der Waals surface area contributed by atoms with Gasteiger partial charge in [0.15, 0.2) is 11.5 Å². The van der Waals surface area contributed by atoms with E-state index in [0.29, 0.717) is 31.1 Å². The lowest BCUT2D eigenvalue weighted by Gasteiger charge is -2.35. The van der Waals surface area contributed by atoms with Crippen molar-refractivity contribution in [3.8, 4) is 11.5 Å². The van der Waals surface area contributed by atoms with E-state index in [-0.39, 0.29) is 28.4 Å². The SMILES string of the molecule is COc1cc(Cl)c(S(=O)(=O)N2CCNCC2c2cccnc2)cc1OC.Cl. The smallest absolute Gasteiger partial charge is 0.245 e. The normalized spacial score (nSPS) is 17.8. The first-order valence-electron chi connectivity index (χ1n) is 8.03. The molecule has 2 heterocycles. The van der Waals surface area contributed by atoms with Crippen LogP contribution in [0.3, 0.4) is 0 Å². The van der Waals surface area contributed by atoms with Crippen molar-refractivity contribution in [2.75, 3.05) is 33.9 Å². The molecule has 1 aromatic heterocycles. The van der Waals surface area contributed by atoms with Gasteiger partial charge in [-0.2, -0.15) is 4.31 Å². The highest BCUT2D eigenvalue weighted by atomic mass is 35.5. The second kappa shape index (κ2) is 9.07. The van der Waals surface area contributed by atoms with Crippen LogP contribution in [0.2, 0.25) is 5.02 Å². The third-order valence-electron chi connectivity index (χ3n) is 4.29. The summed E-state index contributed by atoms with van der Waals surface area (Å²) in [6, 6.07) is 6.14. The Balaban J connectivity index is 0.00000261. The molecule has 0 aliphatic carbocycles. The van der Waals surface area contributed by atoms with Crippen LogP contribution in [0.5, 0.6) is 11.5 Å². The van der Waals surface area contributed by atoms with Gasteiger partial charge in [0.05, 0.1) is 25.3 Å². The molecule has 0 bridgehead atoms. The zero-order valence-corrected chi connectivity index (χ0v) is 17.3. The summed E-state index contributed by atoms with van der Waals surface area (Å²) in [5.74, 6) is 0.684. The second-order valence-corrected chi connectivity index (χ2v) is 8.03. The standard InChI is InChI=1S/C17H20ClN3O4S.ClH/c1-24-15-8-13(18)17(9-16(15)25-2)26(22,23)21-7-6-20-11-14(21)12-4-3-5-19-10-12;/h3-5,8-10,14,20H,6-7,11H2,1-2H3;1H. The van der Waals surface area contributed by atoms with Crippen LogP contribution >= 0.6 is 24.0 Å². The molecule has 0 saturated carbocycles. The molecule has 1 aromatic carbocycles. The van der Waals surface area contributed by atoms with Gasteiger partial charge in [-0.25, -0.2) is 8.42 Å².